The Balaban J connectivity index is 2.22. The van der Waals surface area contributed by atoms with E-state index in [1.165, 1.54) is 0 Å². The Morgan fingerprint density at radius 2 is 2.16 bits per heavy atom. The second kappa shape index (κ2) is 5.71. The van der Waals surface area contributed by atoms with Crippen molar-refractivity contribution < 1.29 is 9.26 Å². The molecule has 6 nitrogen and oxygen atoms in total. The third kappa shape index (κ3) is 3.23. The molecule has 1 heterocycles. The van der Waals surface area contributed by atoms with E-state index in [2.05, 4.69) is 15.0 Å². The normalized spacial score (nSPS) is 10.9. The van der Waals surface area contributed by atoms with Crippen LogP contribution in [-0.2, 0) is 6.42 Å². The summed E-state index contributed by atoms with van der Waals surface area (Å²) in [5.74, 6) is 1.76. The first kappa shape index (κ1) is 13.4. The van der Waals surface area contributed by atoms with Gasteiger partial charge in [0.05, 0.1) is 12.7 Å². The minimum Gasteiger partial charge on any atom is -0.496 e. The molecule has 0 aliphatic rings. The monoisotopic (exact) mass is 262 g/mol. The number of likely N-dealkylation sites (N-methyl/N-ethyl adjacent to an activating group) is 1. The Hall–Kier alpha value is -2.08. The van der Waals surface area contributed by atoms with Crippen LogP contribution in [0.25, 0.3) is 11.5 Å². The Morgan fingerprint density at radius 3 is 2.84 bits per heavy atom. The van der Waals surface area contributed by atoms with Gasteiger partial charge in [0.2, 0.25) is 0 Å². The first-order chi connectivity index (χ1) is 9.10. The van der Waals surface area contributed by atoms with Crippen LogP contribution >= 0.6 is 0 Å². The highest BCUT2D eigenvalue weighted by Gasteiger charge is 2.14. The fraction of sp³-hybridized carbons (Fsp3) is 0.385. The van der Waals surface area contributed by atoms with E-state index in [-0.39, 0.29) is 0 Å². The van der Waals surface area contributed by atoms with E-state index in [4.69, 9.17) is 15.0 Å². The smallest absolute Gasteiger partial charge is 0.261 e. The number of nitrogens with zero attached hydrogens (tertiary/aromatic N) is 3. The van der Waals surface area contributed by atoms with Gasteiger partial charge in [-0.1, -0.05) is 5.16 Å². The second-order valence-corrected chi connectivity index (χ2v) is 4.53. The van der Waals surface area contributed by atoms with Gasteiger partial charge >= 0.3 is 0 Å². The lowest BCUT2D eigenvalue weighted by molar-refractivity contribution is 0.389. The molecule has 0 bridgehead atoms. The quantitative estimate of drug-likeness (QED) is 0.821. The zero-order chi connectivity index (χ0) is 13.8. The number of methoxy groups -OCH3 is 1. The summed E-state index contributed by atoms with van der Waals surface area (Å²) in [6, 6.07) is 5.33. The van der Waals surface area contributed by atoms with Crippen LogP contribution in [0.1, 0.15) is 5.82 Å². The van der Waals surface area contributed by atoms with Crippen LogP contribution in [0.5, 0.6) is 5.75 Å². The average molecular weight is 262 g/mol. The van der Waals surface area contributed by atoms with Crippen LogP contribution in [0.3, 0.4) is 0 Å². The maximum Gasteiger partial charge on any atom is 0.261 e. The van der Waals surface area contributed by atoms with Crippen molar-refractivity contribution in [2.75, 3.05) is 33.5 Å². The fourth-order valence-electron chi connectivity index (χ4n) is 1.67. The highest BCUT2D eigenvalue weighted by Crippen LogP contribution is 2.30. The topological polar surface area (TPSA) is 77.4 Å². The number of rotatable bonds is 5. The van der Waals surface area contributed by atoms with E-state index in [0.29, 0.717) is 23.2 Å². The Bertz CT molecular complexity index is 551. The van der Waals surface area contributed by atoms with Gasteiger partial charge in [0.1, 0.15) is 5.75 Å². The van der Waals surface area contributed by atoms with Gasteiger partial charge in [-0.25, -0.2) is 0 Å². The summed E-state index contributed by atoms with van der Waals surface area (Å²) in [5.41, 5.74) is 7.10. The van der Waals surface area contributed by atoms with Gasteiger partial charge in [0.25, 0.3) is 5.89 Å². The van der Waals surface area contributed by atoms with Crippen LogP contribution in [0.4, 0.5) is 5.69 Å². The summed E-state index contributed by atoms with van der Waals surface area (Å²) in [4.78, 5) is 6.43. The van der Waals surface area contributed by atoms with Crippen LogP contribution in [0.2, 0.25) is 0 Å². The predicted molar refractivity (Wildman–Crippen MR) is 73.0 cm³/mol. The SMILES string of the molecule is COc1cc(N)ccc1-c1nc(CCN(C)C)no1. The zero-order valence-electron chi connectivity index (χ0n) is 11.4. The van der Waals surface area contributed by atoms with E-state index in [1.807, 2.05) is 20.2 Å². The number of nitrogen functional groups attached to an aromatic ring is 1. The lowest BCUT2D eigenvalue weighted by atomic mass is 10.2. The summed E-state index contributed by atoms with van der Waals surface area (Å²) >= 11 is 0. The molecule has 1 aromatic carbocycles. The number of benzene rings is 1. The van der Waals surface area contributed by atoms with Gasteiger partial charge in [-0.05, 0) is 26.2 Å². The van der Waals surface area contributed by atoms with Crippen molar-refractivity contribution in [3.05, 3.63) is 24.0 Å². The average Bonchev–Trinajstić information content (AvgIpc) is 2.84. The molecule has 0 saturated heterocycles. The molecule has 19 heavy (non-hydrogen) atoms. The Morgan fingerprint density at radius 1 is 1.37 bits per heavy atom. The van der Waals surface area contributed by atoms with Crippen LogP contribution in [0.15, 0.2) is 22.7 Å². The number of hydrogen-bond donors (Lipinski definition) is 1. The molecule has 0 unspecified atom stereocenters. The molecule has 0 aliphatic heterocycles. The minimum absolute atomic E-state index is 0.450. The maximum atomic E-state index is 5.72. The van der Waals surface area contributed by atoms with E-state index in [0.717, 1.165) is 18.5 Å². The Labute approximate surface area is 112 Å². The van der Waals surface area contributed by atoms with Crippen LogP contribution in [0, 0.1) is 0 Å². The lowest BCUT2D eigenvalue weighted by Gasteiger charge is -2.06. The van der Waals surface area contributed by atoms with E-state index < -0.39 is 0 Å². The number of ether oxygens (including phenoxy) is 1. The molecule has 102 valence electrons. The lowest BCUT2D eigenvalue weighted by Crippen LogP contribution is -2.15. The van der Waals surface area contributed by atoms with Gasteiger partial charge < -0.3 is 19.9 Å². The van der Waals surface area contributed by atoms with Gasteiger partial charge in [0.15, 0.2) is 5.82 Å². The maximum absolute atomic E-state index is 5.72. The van der Waals surface area contributed by atoms with Crippen molar-refractivity contribution in [2.45, 2.75) is 6.42 Å². The van der Waals surface area contributed by atoms with Crippen LogP contribution < -0.4 is 10.5 Å². The molecular formula is C13H18N4O2. The largest absolute Gasteiger partial charge is 0.496 e. The molecule has 0 spiro atoms. The molecule has 0 amide bonds. The summed E-state index contributed by atoms with van der Waals surface area (Å²) in [6.07, 6.45) is 0.744. The first-order valence-corrected chi connectivity index (χ1v) is 6.01. The van der Waals surface area contributed by atoms with Crippen molar-refractivity contribution in [1.82, 2.24) is 15.0 Å². The molecule has 6 heteroatoms. The van der Waals surface area contributed by atoms with Crippen molar-refractivity contribution in [3.63, 3.8) is 0 Å². The van der Waals surface area contributed by atoms with E-state index >= 15 is 0 Å². The fourth-order valence-corrected chi connectivity index (χ4v) is 1.67. The number of anilines is 1. The van der Waals surface area contributed by atoms with Gasteiger partial charge in [-0.3, -0.25) is 0 Å². The van der Waals surface area contributed by atoms with Gasteiger partial charge in [-0.2, -0.15) is 4.98 Å². The molecule has 2 aromatic rings. The molecule has 2 rings (SSSR count). The number of hydrogen-bond acceptors (Lipinski definition) is 6. The molecule has 0 atom stereocenters. The standard InChI is InChI=1S/C13H18N4O2/c1-17(2)7-6-12-15-13(19-16-12)10-5-4-9(14)8-11(10)18-3/h4-5,8H,6-7,14H2,1-3H3. The number of nitrogens with two attached hydrogens (primary N) is 1. The number of aromatic nitrogens is 2. The molecule has 0 aliphatic carbocycles. The molecule has 2 N–H and O–H groups in total. The van der Waals surface area contributed by atoms with Crippen molar-refractivity contribution in [1.29, 1.82) is 0 Å². The molecule has 0 radical (unpaired) electrons. The van der Waals surface area contributed by atoms with Gasteiger partial charge in [-0.15, -0.1) is 0 Å². The second-order valence-electron chi connectivity index (χ2n) is 4.53. The van der Waals surface area contributed by atoms with Crippen molar-refractivity contribution in [3.8, 4) is 17.2 Å². The van der Waals surface area contributed by atoms with Gasteiger partial charge in [0, 0.05) is 24.7 Å². The minimum atomic E-state index is 0.450. The van der Waals surface area contributed by atoms with E-state index in [1.54, 1.807) is 19.2 Å². The molecular weight excluding hydrogens is 244 g/mol. The zero-order valence-corrected chi connectivity index (χ0v) is 11.4. The van der Waals surface area contributed by atoms with Crippen molar-refractivity contribution >= 4 is 5.69 Å². The Kier molecular flexibility index (Phi) is 4.01. The highest BCUT2D eigenvalue weighted by atomic mass is 16.5. The molecule has 0 fully saturated rings. The molecule has 1 aromatic heterocycles. The molecule has 0 saturated carbocycles. The summed E-state index contributed by atoms with van der Waals surface area (Å²) in [7, 11) is 5.59. The summed E-state index contributed by atoms with van der Waals surface area (Å²) < 4.78 is 10.5. The predicted octanol–water partition coefficient (Wildman–Crippen LogP) is 1.43. The van der Waals surface area contributed by atoms with Crippen LogP contribution in [-0.4, -0.2) is 42.8 Å². The van der Waals surface area contributed by atoms with E-state index in [9.17, 15) is 0 Å². The summed E-state index contributed by atoms with van der Waals surface area (Å²) in [6.45, 7) is 0.873. The first-order valence-electron chi connectivity index (χ1n) is 6.01. The third-order valence-corrected chi connectivity index (χ3v) is 2.71. The summed E-state index contributed by atoms with van der Waals surface area (Å²) in [5, 5.41) is 3.96. The highest BCUT2D eigenvalue weighted by molar-refractivity contribution is 5.66. The van der Waals surface area contributed by atoms with Crippen molar-refractivity contribution in [2.24, 2.45) is 0 Å². The third-order valence-electron chi connectivity index (χ3n) is 2.71.